The lowest BCUT2D eigenvalue weighted by atomic mass is 10.2. The first-order valence-corrected chi connectivity index (χ1v) is 10.9. The second-order valence-electron chi connectivity index (χ2n) is 6.04. The SMILES string of the molecule is COC(=O)c1ccc(NC(=O)CN(c2ccc(F)cc2)S(=O)(=O)c2cccs2)cc1. The summed E-state index contributed by atoms with van der Waals surface area (Å²) in [4.78, 5) is 24.1. The number of sulfonamides is 1. The minimum absolute atomic E-state index is 0.0575. The Kier molecular flexibility index (Phi) is 6.48. The quantitative estimate of drug-likeness (QED) is 0.559. The second-order valence-corrected chi connectivity index (χ2v) is 9.07. The van der Waals surface area contributed by atoms with Crippen LogP contribution in [0.4, 0.5) is 15.8 Å². The third kappa shape index (κ3) is 4.84. The van der Waals surface area contributed by atoms with E-state index in [2.05, 4.69) is 10.1 Å². The van der Waals surface area contributed by atoms with Crippen molar-refractivity contribution < 1.29 is 27.1 Å². The number of hydrogen-bond acceptors (Lipinski definition) is 6. The number of thiophene rings is 1. The zero-order valence-electron chi connectivity index (χ0n) is 15.7. The number of nitrogens with zero attached hydrogens (tertiary/aromatic N) is 1. The van der Waals surface area contributed by atoms with Crippen molar-refractivity contribution in [3.63, 3.8) is 0 Å². The molecule has 1 heterocycles. The third-order valence-corrected chi connectivity index (χ3v) is 7.18. The van der Waals surface area contributed by atoms with E-state index in [4.69, 9.17) is 0 Å². The predicted molar refractivity (Wildman–Crippen MR) is 112 cm³/mol. The van der Waals surface area contributed by atoms with E-state index in [0.29, 0.717) is 11.3 Å². The molecular formula is C20H17FN2O5S2. The van der Waals surface area contributed by atoms with Gasteiger partial charge in [0.25, 0.3) is 10.0 Å². The van der Waals surface area contributed by atoms with Crippen LogP contribution in [0.2, 0.25) is 0 Å². The van der Waals surface area contributed by atoms with Gasteiger partial charge in [-0.1, -0.05) is 6.07 Å². The van der Waals surface area contributed by atoms with Gasteiger partial charge in [-0.25, -0.2) is 17.6 Å². The van der Waals surface area contributed by atoms with Gasteiger partial charge in [-0.2, -0.15) is 0 Å². The molecule has 0 spiro atoms. The molecule has 0 radical (unpaired) electrons. The van der Waals surface area contributed by atoms with E-state index in [1.165, 1.54) is 49.6 Å². The van der Waals surface area contributed by atoms with Crippen LogP contribution in [0.5, 0.6) is 0 Å². The normalized spacial score (nSPS) is 11.0. The predicted octanol–water partition coefficient (Wildman–Crippen LogP) is 3.51. The van der Waals surface area contributed by atoms with Crippen molar-refractivity contribution in [3.8, 4) is 0 Å². The van der Waals surface area contributed by atoms with Crippen molar-refractivity contribution in [1.82, 2.24) is 0 Å². The number of methoxy groups -OCH3 is 1. The van der Waals surface area contributed by atoms with Crippen molar-refractivity contribution in [3.05, 3.63) is 77.4 Å². The summed E-state index contributed by atoms with van der Waals surface area (Å²) < 4.78 is 45.0. The van der Waals surface area contributed by atoms with Crippen molar-refractivity contribution in [2.75, 3.05) is 23.3 Å². The molecule has 0 bridgehead atoms. The molecule has 0 unspecified atom stereocenters. The zero-order chi connectivity index (χ0) is 21.7. The van der Waals surface area contributed by atoms with Gasteiger partial charge in [-0.3, -0.25) is 9.10 Å². The van der Waals surface area contributed by atoms with Crippen molar-refractivity contribution >= 4 is 44.6 Å². The summed E-state index contributed by atoms with van der Waals surface area (Å²) >= 11 is 1.01. The van der Waals surface area contributed by atoms with Crippen LogP contribution < -0.4 is 9.62 Å². The zero-order valence-corrected chi connectivity index (χ0v) is 17.4. The lowest BCUT2D eigenvalue weighted by molar-refractivity contribution is -0.114. The summed E-state index contributed by atoms with van der Waals surface area (Å²) in [5, 5.41) is 4.20. The van der Waals surface area contributed by atoms with E-state index in [-0.39, 0.29) is 9.90 Å². The van der Waals surface area contributed by atoms with Gasteiger partial charge in [0.2, 0.25) is 5.91 Å². The summed E-state index contributed by atoms with van der Waals surface area (Å²) in [7, 11) is -2.76. The molecule has 0 saturated carbocycles. The summed E-state index contributed by atoms with van der Waals surface area (Å²) in [6.45, 7) is -0.523. The number of benzene rings is 2. The molecule has 30 heavy (non-hydrogen) atoms. The molecule has 10 heteroatoms. The van der Waals surface area contributed by atoms with Gasteiger partial charge in [-0.15, -0.1) is 11.3 Å². The standard InChI is InChI=1S/C20H17FN2O5S2/c1-28-20(25)14-4-8-16(9-5-14)22-18(24)13-23(17-10-6-15(21)7-11-17)30(26,27)19-3-2-12-29-19/h2-12H,13H2,1H3,(H,22,24). The molecule has 3 rings (SSSR count). The smallest absolute Gasteiger partial charge is 0.337 e. The fourth-order valence-corrected chi connectivity index (χ4v) is 5.11. The summed E-state index contributed by atoms with van der Waals surface area (Å²) in [5.41, 5.74) is 0.838. The van der Waals surface area contributed by atoms with Gasteiger partial charge < -0.3 is 10.1 Å². The van der Waals surface area contributed by atoms with Crippen LogP contribution >= 0.6 is 11.3 Å². The first-order valence-electron chi connectivity index (χ1n) is 8.61. The Hall–Kier alpha value is -3.24. The first-order chi connectivity index (χ1) is 14.3. The average Bonchev–Trinajstić information content (AvgIpc) is 3.28. The molecule has 0 aliphatic rings. The second kappa shape index (κ2) is 9.06. The van der Waals surface area contributed by atoms with Crippen LogP contribution in [0.3, 0.4) is 0 Å². The van der Waals surface area contributed by atoms with Crippen LogP contribution in [0.25, 0.3) is 0 Å². The van der Waals surface area contributed by atoms with Crippen LogP contribution in [0.15, 0.2) is 70.3 Å². The first kappa shape index (κ1) is 21.5. The Balaban J connectivity index is 1.83. The van der Waals surface area contributed by atoms with Gasteiger partial charge in [0, 0.05) is 5.69 Å². The minimum Gasteiger partial charge on any atom is -0.465 e. The molecule has 0 aliphatic carbocycles. The fraction of sp³-hybridized carbons (Fsp3) is 0.100. The summed E-state index contributed by atoms with van der Waals surface area (Å²) in [6, 6.07) is 13.8. The van der Waals surface area contributed by atoms with E-state index in [0.717, 1.165) is 27.8 Å². The molecule has 7 nitrogen and oxygen atoms in total. The van der Waals surface area contributed by atoms with Gasteiger partial charge in [0.05, 0.1) is 18.4 Å². The Bertz CT molecular complexity index is 1130. The average molecular weight is 448 g/mol. The maximum absolute atomic E-state index is 13.3. The van der Waals surface area contributed by atoms with Crippen LogP contribution in [-0.4, -0.2) is 33.9 Å². The molecule has 0 aliphatic heterocycles. The topological polar surface area (TPSA) is 92.8 Å². The maximum atomic E-state index is 13.3. The van der Waals surface area contributed by atoms with E-state index < -0.39 is 34.3 Å². The number of anilines is 2. The fourth-order valence-electron chi connectivity index (χ4n) is 2.58. The van der Waals surface area contributed by atoms with Gasteiger partial charge >= 0.3 is 5.97 Å². The monoisotopic (exact) mass is 448 g/mol. The highest BCUT2D eigenvalue weighted by Crippen LogP contribution is 2.26. The van der Waals surface area contributed by atoms with Crippen molar-refractivity contribution in [2.24, 2.45) is 0 Å². The highest BCUT2D eigenvalue weighted by molar-refractivity contribution is 7.94. The summed E-state index contributed by atoms with van der Waals surface area (Å²) in [6.07, 6.45) is 0. The maximum Gasteiger partial charge on any atom is 0.337 e. The number of hydrogen-bond donors (Lipinski definition) is 1. The lowest BCUT2D eigenvalue weighted by Gasteiger charge is -2.23. The molecule has 0 fully saturated rings. The molecule has 2 aromatic carbocycles. The third-order valence-electron chi connectivity index (χ3n) is 4.03. The number of carbonyl (C=O) groups excluding carboxylic acids is 2. The van der Waals surface area contributed by atoms with Crippen molar-refractivity contribution in [1.29, 1.82) is 0 Å². The number of rotatable bonds is 7. The number of halogens is 1. The Morgan fingerprint density at radius 1 is 1.07 bits per heavy atom. The Morgan fingerprint density at radius 3 is 2.30 bits per heavy atom. The minimum atomic E-state index is -4.02. The van der Waals surface area contributed by atoms with E-state index in [1.807, 2.05) is 0 Å². The molecule has 1 aromatic heterocycles. The highest BCUT2D eigenvalue weighted by Gasteiger charge is 2.28. The van der Waals surface area contributed by atoms with Crippen LogP contribution in [0, 0.1) is 5.82 Å². The summed E-state index contributed by atoms with van der Waals surface area (Å²) in [5.74, 6) is -1.65. The molecule has 1 amide bonds. The molecular weight excluding hydrogens is 431 g/mol. The van der Waals surface area contributed by atoms with E-state index in [9.17, 15) is 22.4 Å². The highest BCUT2D eigenvalue weighted by atomic mass is 32.2. The number of ether oxygens (including phenoxy) is 1. The Morgan fingerprint density at radius 2 is 1.73 bits per heavy atom. The molecule has 1 N–H and O–H groups in total. The lowest BCUT2D eigenvalue weighted by Crippen LogP contribution is -2.37. The van der Waals surface area contributed by atoms with Gasteiger partial charge in [0.1, 0.15) is 16.6 Å². The van der Waals surface area contributed by atoms with E-state index >= 15 is 0 Å². The molecule has 3 aromatic rings. The van der Waals surface area contributed by atoms with Crippen LogP contribution in [-0.2, 0) is 19.6 Å². The Labute approximate surface area is 176 Å². The molecule has 156 valence electrons. The van der Waals surface area contributed by atoms with Crippen LogP contribution in [0.1, 0.15) is 10.4 Å². The largest absolute Gasteiger partial charge is 0.465 e. The molecule has 0 saturated heterocycles. The van der Waals surface area contributed by atoms with Gasteiger partial charge in [-0.05, 0) is 60.0 Å². The number of amides is 1. The number of nitrogens with one attached hydrogen (secondary N) is 1. The molecule has 0 atom stereocenters. The van der Waals surface area contributed by atoms with Crippen molar-refractivity contribution in [2.45, 2.75) is 4.21 Å². The van der Waals surface area contributed by atoms with E-state index in [1.54, 1.807) is 11.4 Å². The number of esters is 1. The number of carbonyl (C=O) groups is 2. The van der Waals surface area contributed by atoms with Gasteiger partial charge in [0.15, 0.2) is 0 Å².